The molecule has 5 aromatic carbocycles. The number of allylic oxidation sites excluding steroid dienone is 2. The van der Waals surface area contributed by atoms with Crippen LogP contribution < -0.4 is 9.47 Å². The molecule has 0 saturated carbocycles. The first-order valence-corrected chi connectivity index (χ1v) is 13.7. The number of para-hydroxylation sites is 1. The fraction of sp³-hybridized carbons (Fsp3) is 0.0811. The van der Waals surface area contributed by atoms with Crippen molar-refractivity contribution in [1.29, 1.82) is 10.8 Å². The second kappa shape index (κ2) is 9.46. The lowest BCUT2D eigenvalue weighted by Gasteiger charge is -2.26. The number of benzene rings is 5. The van der Waals surface area contributed by atoms with E-state index in [4.69, 9.17) is 20.3 Å². The minimum atomic E-state index is -0.129. The van der Waals surface area contributed by atoms with Crippen LogP contribution in [0.5, 0.6) is 23.0 Å². The second-order valence-corrected chi connectivity index (χ2v) is 10.9. The lowest BCUT2D eigenvalue weighted by atomic mass is 9.82. The van der Waals surface area contributed by atoms with E-state index in [-0.39, 0.29) is 5.41 Å². The van der Waals surface area contributed by atoms with Gasteiger partial charge in [0.25, 0.3) is 0 Å². The lowest BCUT2D eigenvalue weighted by Crippen LogP contribution is -2.15. The third-order valence-corrected chi connectivity index (χ3v) is 8.07. The van der Waals surface area contributed by atoms with Gasteiger partial charge in [-0.3, -0.25) is 0 Å². The highest BCUT2D eigenvalue weighted by molar-refractivity contribution is 6.16. The highest BCUT2D eigenvalue weighted by Crippen LogP contribution is 2.56. The molecule has 7 rings (SSSR count). The van der Waals surface area contributed by atoms with Crippen LogP contribution in [0.25, 0.3) is 22.3 Å². The molecule has 0 bridgehead atoms. The average Bonchev–Trinajstić information content (AvgIpc) is 3.23. The maximum Gasteiger partial charge on any atom is 0.177 e. The van der Waals surface area contributed by atoms with E-state index in [1.807, 2.05) is 72.8 Å². The quantitative estimate of drug-likeness (QED) is 0.217. The zero-order valence-corrected chi connectivity index (χ0v) is 22.9. The molecule has 1 aliphatic carbocycles. The topological polar surface area (TPSA) is 66.2 Å². The van der Waals surface area contributed by atoms with E-state index in [9.17, 15) is 0 Å². The average molecular weight is 533 g/mol. The van der Waals surface area contributed by atoms with Crippen LogP contribution in [0.3, 0.4) is 0 Å². The summed E-state index contributed by atoms with van der Waals surface area (Å²) in [6.07, 6.45) is 3.35. The lowest BCUT2D eigenvalue weighted by molar-refractivity contribution is 0.360. The first kappa shape index (κ1) is 24.8. The summed E-state index contributed by atoms with van der Waals surface area (Å²) in [7, 11) is 0. The maximum absolute atomic E-state index is 8.87. The summed E-state index contributed by atoms with van der Waals surface area (Å²) >= 11 is 0. The van der Waals surface area contributed by atoms with Crippen molar-refractivity contribution >= 4 is 11.4 Å². The number of hydrogen-bond acceptors (Lipinski definition) is 4. The van der Waals surface area contributed by atoms with Crippen molar-refractivity contribution < 1.29 is 9.47 Å². The van der Waals surface area contributed by atoms with Crippen molar-refractivity contribution in [3.05, 3.63) is 144 Å². The Bertz CT molecular complexity index is 1900. The molecule has 5 aromatic rings. The van der Waals surface area contributed by atoms with Crippen molar-refractivity contribution in [1.82, 2.24) is 0 Å². The number of hydrogen-bond donors (Lipinski definition) is 2. The minimum absolute atomic E-state index is 0.129. The van der Waals surface area contributed by atoms with E-state index >= 15 is 0 Å². The van der Waals surface area contributed by atoms with E-state index in [0.717, 1.165) is 22.3 Å². The molecule has 2 N–H and O–H groups in total. The molecule has 0 aromatic heterocycles. The highest BCUT2D eigenvalue weighted by atomic mass is 16.6. The summed E-state index contributed by atoms with van der Waals surface area (Å²) in [5.74, 6) is 2.66. The smallest absolute Gasteiger partial charge is 0.177 e. The van der Waals surface area contributed by atoms with Gasteiger partial charge in [-0.25, -0.2) is 0 Å². The Morgan fingerprint density at radius 3 is 2.05 bits per heavy atom. The second-order valence-electron chi connectivity index (χ2n) is 10.9. The Balaban J connectivity index is 1.26. The third kappa shape index (κ3) is 4.07. The van der Waals surface area contributed by atoms with Crippen LogP contribution in [0, 0.1) is 10.8 Å². The molecule has 0 atom stereocenters. The van der Waals surface area contributed by atoms with Crippen molar-refractivity contribution in [3.63, 3.8) is 0 Å². The fourth-order valence-corrected chi connectivity index (χ4v) is 5.93. The number of nitrogens with one attached hydrogen (secondary N) is 2. The van der Waals surface area contributed by atoms with Gasteiger partial charge >= 0.3 is 0 Å². The summed E-state index contributed by atoms with van der Waals surface area (Å²) in [4.78, 5) is 0. The van der Waals surface area contributed by atoms with Crippen molar-refractivity contribution in [3.8, 4) is 45.3 Å². The van der Waals surface area contributed by atoms with Crippen LogP contribution in [-0.4, -0.2) is 11.4 Å². The van der Waals surface area contributed by atoms with Crippen LogP contribution in [-0.2, 0) is 5.41 Å². The van der Waals surface area contributed by atoms with E-state index in [1.165, 1.54) is 22.3 Å². The molecule has 0 amide bonds. The van der Waals surface area contributed by atoms with Gasteiger partial charge in [-0.2, -0.15) is 0 Å². The van der Waals surface area contributed by atoms with Gasteiger partial charge in [0.05, 0.1) is 11.4 Å². The summed E-state index contributed by atoms with van der Waals surface area (Å²) < 4.78 is 13.1. The molecule has 4 heteroatoms. The van der Waals surface area contributed by atoms with Gasteiger partial charge in [-0.15, -0.1) is 0 Å². The van der Waals surface area contributed by atoms with Crippen LogP contribution >= 0.6 is 0 Å². The molecule has 0 radical (unpaired) electrons. The summed E-state index contributed by atoms with van der Waals surface area (Å²) in [6, 6.07) is 36.0. The van der Waals surface area contributed by atoms with Crippen LogP contribution in [0.15, 0.2) is 121 Å². The van der Waals surface area contributed by atoms with Crippen molar-refractivity contribution in [2.75, 3.05) is 0 Å². The largest absolute Gasteiger partial charge is 0.449 e. The molecule has 0 fully saturated rings. The molecular weight excluding hydrogens is 504 g/mol. The van der Waals surface area contributed by atoms with Crippen LogP contribution in [0.2, 0.25) is 0 Å². The zero-order chi connectivity index (χ0) is 28.1. The van der Waals surface area contributed by atoms with E-state index in [2.05, 4.69) is 50.2 Å². The molecule has 1 aliphatic heterocycles. The molecule has 0 unspecified atom stereocenters. The van der Waals surface area contributed by atoms with Gasteiger partial charge in [0.1, 0.15) is 0 Å². The van der Waals surface area contributed by atoms with Gasteiger partial charge in [0, 0.05) is 16.5 Å². The molecular formula is C37H28N2O2. The number of fused-ring (bicyclic) bond motifs is 5. The Hall–Kier alpha value is -5.22. The molecule has 1 heterocycles. The normalized spacial score (nSPS) is 13.8. The summed E-state index contributed by atoms with van der Waals surface area (Å²) in [6.45, 7) is 4.50. The van der Waals surface area contributed by atoms with E-state index in [1.54, 1.807) is 12.2 Å². The fourth-order valence-electron chi connectivity index (χ4n) is 5.93. The van der Waals surface area contributed by atoms with E-state index in [0.29, 0.717) is 34.4 Å². The van der Waals surface area contributed by atoms with Gasteiger partial charge < -0.3 is 20.3 Å². The molecule has 4 nitrogen and oxygen atoms in total. The van der Waals surface area contributed by atoms with E-state index < -0.39 is 0 Å². The monoisotopic (exact) mass is 532 g/mol. The minimum Gasteiger partial charge on any atom is -0.449 e. The summed E-state index contributed by atoms with van der Waals surface area (Å²) in [5.41, 5.74) is 8.74. The molecule has 198 valence electrons. The predicted octanol–water partition coefficient (Wildman–Crippen LogP) is 9.55. The Morgan fingerprint density at radius 1 is 0.561 bits per heavy atom. The van der Waals surface area contributed by atoms with Crippen LogP contribution in [0.4, 0.5) is 0 Å². The number of ether oxygens (including phenoxy) is 2. The van der Waals surface area contributed by atoms with Gasteiger partial charge in [0.2, 0.25) is 0 Å². The highest BCUT2D eigenvalue weighted by Gasteiger charge is 2.37. The molecule has 0 saturated heterocycles. The van der Waals surface area contributed by atoms with Gasteiger partial charge in [-0.05, 0) is 63.7 Å². The molecule has 2 aliphatic rings. The van der Waals surface area contributed by atoms with Crippen molar-refractivity contribution in [2.24, 2.45) is 0 Å². The summed E-state index contributed by atoms with van der Waals surface area (Å²) in [5, 5.41) is 17.3. The van der Waals surface area contributed by atoms with Gasteiger partial charge in [-0.1, -0.05) is 105 Å². The zero-order valence-electron chi connectivity index (χ0n) is 22.9. The van der Waals surface area contributed by atoms with Crippen molar-refractivity contribution in [2.45, 2.75) is 19.3 Å². The predicted molar refractivity (Wildman–Crippen MR) is 165 cm³/mol. The molecule has 41 heavy (non-hydrogen) atoms. The Morgan fingerprint density at radius 2 is 1.22 bits per heavy atom. The first-order valence-electron chi connectivity index (χ1n) is 13.7. The first-order chi connectivity index (χ1) is 19.9. The third-order valence-electron chi connectivity index (χ3n) is 8.07. The number of rotatable bonds is 5. The van der Waals surface area contributed by atoms with Gasteiger partial charge in [0.15, 0.2) is 23.0 Å². The Labute approximate surface area is 239 Å². The molecule has 0 spiro atoms. The van der Waals surface area contributed by atoms with Crippen LogP contribution in [0.1, 0.15) is 36.1 Å². The Kier molecular flexibility index (Phi) is 5.72. The standard InChI is InChI=1S/C37H28N2O2/c1-37(2)29-17-9-8-14-25(29)28-21-34-35(22-30(28)37)40-33-18-10-16-27(36(33)41-34)24-13-6-7-15-26(24)32(39)20-19-31(38)23-11-4-3-5-12-23/h3-22,38-39H,1-2H3/b20-19-,38-31?,39-32?. The maximum atomic E-state index is 8.87. The SMILES string of the molecule is CC1(C)c2ccccc2-c2cc3c(cc21)Oc1cccc(-c2ccccc2C(=N)/C=C\C(=N)c2ccccc2)c1O3.